The lowest BCUT2D eigenvalue weighted by atomic mass is 10.1. The van der Waals surface area contributed by atoms with E-state index in [0.717, 1.165) is 10.5 Å². The van der Waals surface area contributed by atoms with Crippen LogP contribution in [-0.4, -0.2) is 61.5 Å². The number of amides is 3. The Bertz CT molecular complexity index is 1030. The lowest BCUT2D eigenvalue weighted by Crippen LogP contribution is -2.49. The zero-order valence-electron chi connectivity index (χ0n) is 19.8. The molecule has 0 atom stereocenters. The normalized spacial score (nSPS) is 11.2. The summed E-state index contributed by atoms with van der Waals surface area (Å²) in [5, 5.41) is 9.59. The molecule has 0 radical (unpaired) electrons. The van der Waals surface area contributed by atoms with Gasteiger partial charge in [-0.05, 0) is 55.0 Å². The Labute approximate surface area is 201 Å². The maximum absolute atomic E-state index is 13.1. The van der Waals surface area contributed by atoms with Gasteiger partial charge in [-0.1, -0.05) is 44.2 Å². The van der Waals surface area contributed by atoms with E-state index in [1.807, 2.05) is 44.2 Å². The molecule has 2 rings (SSSR count). The van der Waals surface area contributed by atoms with Crippen molar-refractivity contribution < 1.29 is 27.9 Å². The summed E-state index contributed by atoms with van der Waals surface area (Å²) in [7, 11) is -2.48. The summed E-state index contributed by atoms with van der Waals surface area (Å²) < 4.78 is 33.2. The van der Waals surface area contributed by atoms with Crippen LogP contribution in [0.1, 0.15) is 32.3 Å². The van der Waals surface area contributed by atoms with Crippen LogP contribution in [-0.2, 0) is 16.4 Å². The Hall–Kier alpha value is -3.27. The van der Waals surface area contributed by atoms with Crippen LogP contribution in [0.3, 0.4) is 0 Å². The number of urea groups is 1. The molecule has 3 amide bonds. The first-order valence-corrected chi connectivity index (χ1v) is 12.7. The number of imide groups is 1. The number of benzene rings is 2. The first-order chi connectivity index (χ1) is 16.1. The molecule has 2 aromatic rings. The van der Waals surface area contributed by atoms with Crippen LogP contribution in [0.5, 0.6) is 5.75 Å². The van der Waals surface area contributed by atoms with Gasteiger partial charge in [-0.25, -0.2) is 22.9 Å². The van der Waals surface area contributed by atoms with E-state index in [4.69, 9.17) is 4.74 Å². The number of nitrogens with one attached hydrogen (secondary N) is 1. The molecule has 0 unspecified atom stereocenters. The van der Waals surface area contributed by atoms with Gasteiger partial charge in [0.15, 0.2) is 0 Å². The van der Waals surface area contributed by atoms with Crippen molar-refractivity contribution in [1.29, 1.82) is 0 Å². The number of sulfonamides is 1. The number of carbonyl (C=O) groups excluding carboxylic acids is 1. The molecular formula is C24H33N3O6S. The molecule has 2 N–H and O–H groups in total. The summed E-state index contributed by atoms with van der Waals surface area (Å²) in [5.41, 5.74) is 1.36. The fourth-order valence-corrected chi connectivity index (χ4v) is 4.45. The maximum atomic E-state index is 13.1. The van der Waals surface area contributed by atoms with E-state index in [-0.39, 0.29) is 19.0 Å². The van der Waals surface area contributed by atoms with E-state index >= 15 is 0 Å². The standard InChI is InChI=1S/C24H33N3O6S/c1-19(2)15-17-27(24(29)30)23(28)26(16-7-10-20-8-5-4-6-9-20)18-34(31,32)25-21-11-13-22(33-3)14-12-21/h4-6,8-9,11-14,19,25H,7,10,15-18H2,1-3H3,(H,29,30). The predicted molar refractivity (Wildman–Crippen MR) is 131 cm³/mol. The molecule has 2 aromatic carbocycles. The summed E-state index contributed by atoms with van der Waals surface area (Å²) in [6.07, 6.45) is 0.174. The molecule has 0 aliphatic carbocycles. The van der Waals surface area contributed by atoms with Crippen molar-refractivity contribution in [2.45, 2.75) is 33.1 Å². The van der Waals surface area contributed by atoms with E-state index in [9.17, 15) is 23.1 Å². The number of carbonyl (C=O) groups is 2. The molecule has 34 heavy (non-hydrogen) atoms. The second-order valence-corrected chi connectivity index (χ2v) is 10.0. The van der Waals surface area contributed by atoms with Crippen LogP contribution in [0.4, 0.5) is 15.3 Å². The van der Waals surface area contributed by atoms with Crippen LogP contribution in [0.15, 0.2) is 54.6 Å². The highest BCUT2D eigenvalue weighted by Gasteiger charge is 2.29. The van der Waals surface area contributed by atoms with Gasteiger partial charge in [0.25, 0.3) is 10.0 Å². The third-order valence-electron chi connectivity index (χ3n) is 5.09. The Morgan fingerprint density at radius 1 is 1.03 bits per heavy atom. The second kappa shape index (κ2) is 12.8. The Morgan fingerprint density at radius 2 is 1.68 bits per heavy atom. The zero-order valence-corrected chi connectivity index (χ0v) is 20.6. The van der Waals surface area contributed by atoms with Crippen LogP contribution in [0.25, 0.3) is 0 Å². The van der Waals surface area contributed by atoms with Crippen LogP contribution in [0, 0.1) is 5.92 Å². The number of hydrogen-bond acceptors (Lipinski definition) is 5. The summed E-state index contributed by atoms with van der Waals surface area (Å²) in [6, 6.07) is 15.1. The zero-order chi connectivity index (χ0) is 25.1. The molecule has 0 saturated carbocycles. The van der Waals surface area contributed by atoms with Gasteiger partial charge in [0, 0.05) is 18.8 Å². The molecule has 0 heterocycles. The fraction of sp³-hybridized carbons (Fsp3) is 0.417. The van der Waals surface area contributed by atoms with Crippen LogP contribution in [0.2, 0.25) is 0 Å². The van der Waals surface area contributed by atoms with Gasteiger partial charge in [0.1, 0.15) is 11.6 Å². The number of ether oxygens (including phenoxy) is 1. The summed E-state index contributed by atoms with van der Waals surface area (Å²) in [6.45, 7) is 3.92. The molecule has 9 nitrogen and oxygen atoms in total. The maximum Gasteiger partial charge on any atom is 0.415 e. The predicted octanol–water partition coefficient (Wildman–Crippen LogP) is 4.48. The van der Waals surface area contributed by atoms with Crippen LogP contribution < -0.4 is 9.46 Å². The number of rotatable bonds is 12. The first-order valence-electron chi connectivity index (χ1n) is 11.1. The van der Waals surface area contributed by atoms with E-state index in [1.165, 1.54) is 7.11 Å². The smallest absolute Gasteiger partial charge is 0.415 e. The molecule has 0 saturated heterocycles. The molecule has 0 spiro atoms. The number of anilines is 1. The lowest BCUT2D eigenvalue weighted by Gasteiger charge is -2.28. The van der Waals surface area contributed by atoms with E-state index in [2.05, 4.69) is 4.72 Å². The number of hydrogen-bond donors (Lipinski definition) is 2. The van der Waals surface area contributed by atoms with Crippen molar-refractivity contribution in [2.24, 2.45) is 5.92 Å². The van der Waals surface area contributed by atoms with Crippen molar-refractivity contribution in [3.05, 3.63) is 60.2 Å². The van der Waals surface area contributed by atoms with Crippen molar-refractivity contribution in [1.82, 2.24) is 9.80 Å². The van der Waals surface area contributed by atoms with Crippen molar-refractivity contribution in [2.75, 3.05) is 30.8 Å². The van der Waals surface area contributed by atoms with Gasteiger partial charge >= 0.3 is 12.1 Å². The van der Waals surface area contributed by atoms with Crippen LogP contribution >= 0.6 is 0 Å². The molecule has 0 bridgehead atoms. The molecule has 0 aliphatic heterocycles. The van der Waals surface area contributed by atoms with E-state index < -0.39 is 28.0 Å². The lowest BCUT2D eigenvalue weighted by molar-refractivity contribution is 0.129. The minimum absolute atomic E-state index is 0.00697. The molecule has 10 heteroatoms. The number of carboxylic acid groups (broad SMARTS) is 1. The number of aryl methyl sites for hydroxylation is 1. The summed E-state index contributed by atoms with van der Waals surface area (Å²) in [5.74, 6) is 0.0857. The Kier molecular flexibility index (Phi) is 10.2. The third kappa shape index (κ3) is 8.93. The van der Waals surface area contributed by atoms with Gasteiger partial charge < -0.3 is 14.7 Å². The highest BCUT2D eigenvalue weighted by atomic mass is 32.2. The van der Waals surface area contributed by atoms with E-state index in [1.54, 1.807) is 24.3 Å². The monoisotopic (exact) mass is 491 g/mol. The average Bonchev–Trinajstić information content (AvgIpc) is 2.79. The van der Waals surface area contributed by atoms with Gasteiger partial charge in [0.05, 0.1) is 7.11 Å². The van der Waals surface area contributed by atoms with Crippen molar-refractivity contribution in [3.63, 3.8) is 0 Å². The topological polar surface area (TPSA) is 116 Å². The quantitative estimate of drug-likeness (QED) is 0.452. The number of methoxy groups -OCH3 is 1. The van der Waals surface area contributed by atoms with E-state index in [0.29, 0.717) is 35.6 Å². The first kappa shape index (κ1) is 27.0. The molecular weight excluding hydrogens is 458 g/mol. The van der Waals surface area contributed by atoms with Crippen molar-refractivity contribution in [3.8, 4) is 5.75 Å². The SMILES string of the molecule is COc1ccc(NS(=O)(=O)CN(CCCc2ccccc2)C(=O)N(CCC(C)C)C(=O)O)cc1. The largest absolute Gasteiger partial charge is 0.497 e. The molecule has 0 aromatic heterocycles. The number of nitrogens with zero attached hydrogens (tertiary/aromatic N) is 2. The third-order valence-corrected chi connectivity index (χ3v) is 6.29. The fourth-order valence-electron chi connectivity index (χ4n) is 3.24. The van der Waals surface area contributed by atoms with Crippen molar-refractivity contribution >= 4 is 27.8 Å². The van der Waals surface area contributed by atoms with Gasteiger partial charge in [-0.15, -0.1) is 0 Å². The second-order valence-electron chi connectivity index (χ2n) is 8.33. The Morgan fingerprint density at radius 3 is 2.24 bits per heavy atom. The molecule has 186 valence electrons. The highest BCUT2D eigenvalue weighted by Crippen LogP contribution is 2.17. The van der Waals surface area contributed by atoms with Gasteiger partial charge in [-0.2, -0.15) is 0 Å². The molecule has 0 fully saturated rings. The summed E-state index contributed by atoms with van der Waals surface area (Å²) in [4.78, 5) is 26.6. The average molecular weight is 492 g/mol. The van der Waals surface area contributed by atoms with Gasteiger partial charge in [-0.3, -0.25) is 4.72 Å². The highest BCUT2D eigenvalue weighted by molar-refractivity contribution is 7.92. The minimum Gasteiger partial charge on any atom is -0.497 e. The molecule has 0 aliphatic rings. The summed E-state index contributed by atoms with van der Waals surface area (Å²) >= 11 is 0. The Balaban J connectivity index is 2.17. The van der Waals surface area contributed by atoms with Gasteiger partial charge in [0.2, 0.25) is 0 Å². The minimum atomic E-state index is -3.99.